The van der Waals surface area contributed by atoms with E-state index >= 15 is 0 Å². The first-order chi connectivity index (χ1) is 14.2. The number of para-hydroxylation sites is 2. The van der Waals surface area contributed by atoms with Gasteiger partial charge in [0.05, 0.1) is 37.4 Å². The lowest BCUT2D eigenvalue weighted by Crippen LogP contribution is -2.36. The summed E-state index contributed by atoms with van der Waals surface area (Å²) in [4.78, 5) is 7.33. The minimum Gasteiger partial charge on any atom is -0.494 e. The van der Waals surface area contributed by atoms with Crippen LogP contribution in [0.5, 0.6) is 5.75 Å². The van der Waals surface area contributed by atoms with Gasteiger partial charge >= 0.3 is 0 Å². The molecule has 1 saturated heterocycles. The number of morpholine rings is 1. The molecular formula is C23H28ClN3O2. The van der Waals surface area contributed by atoms with Crippen LogP contribution in [0.4, 0.5) is 0 Å². The minimum absolute atomic E-state index is 0.701. The molecule has 2 aromatic carbocycles. The van der Waals surface area contributed by atoms with Crippen LogP contribution in [0.15, 0.2) is 42.5 Å². The van der Waals surface area contributed by atoms with Gasteiger partial charge in [-0.15, -0.1) is 0 Å². The second-order valence-electron chi connectivity index (χ2n) is 7.52. The Bertz CT molecular complexity index is 950. The Morgan fingerprint density at radius 1 is 1.10 bits per heavy atom. The molecule has 0 atom stereocenters. The summed E-state index contributed by atoms with van der Waals surface area (Å²) in [5.74, 6) is 2.02. The van der Waals surface area contributed by atoms with Crippen molar-refractivity contribution in [2.45, 2.75) is 32.9 Å². The summed E-state index contributed by atoms with van der Waals surface area (Å²) < 4.78 is 13.7. The smallest absolute Gasteiger partial charge is 0.124 e. The monoisotopic (exact) mass is 413 g/mol. The van der Waals surface area contributed by atoms with E-state index in [1.54, 1.807) is 0 Å². The van der Waals surface area contributed by atoms with E-state index in [9.17, 15) is 0 Å². The van der Waals surface area contributed by atoms with Gasteiger partial charge in [0.2, 0.25) is 0 Å². The van der Waals surface area contributed by atoms with Crippen LogP contribution in [0.3, 0.4) is 0 Å². The number of hydrogen-bond acceptors (Lipinski definition) is 4. The van der Waals surface area contributed by atoms with Crippen LogP contribution in [0.25, 0.3) is 11.0 Å². The van der Waals surface area contributed by atoms with E-state index in [1.165, 1.54) is 5.52 Å². The number of hydrogen-bond donors (Lipinski definition) is 0. The molecule has 5 nitrogen and oxygen atoms in total. The molecular weight excluding hydrogens is 386 g/mol. The van der Waals surface area contributed by atoms with Crippen molar-refractivity contribution < 1.29 is 9.47 Å². The number of halogens is 1. The van der Waals surface area contributed by atoms with Crippen LogP contribution in [0.1, 0.15) is 24.2 Å². The van der Waals surface area contributed by atoms with E-state index in [2.05, 4.69) is 33.7 Å². The third kappa shape index (κ3) is 5.10. The molecule has 4 rings (SSSR count). The third-order valence-electron chi connectivity index (χ3n) is 5.38. The van der Waals surface area contributed by atoms with Crippen molar-refractivity contribution in [2.24, 2.45) is 0 Å². The highest BCUT2D eigenvalue weighted by atomic mass is 35.5. The molecule has 154 valence electrons. The molecule has 0 radical (unpaired) electrons. The molecule has 0 amide bonds. The van der Waals surface area contributed by atoms with Crippen LogP contribution < -0.4 is 4.74 Å². The second kappa shape index (κ2) is 9.61. The number of fused-ring (bicyclic) bond motifs is 1. The zero-order chi connectivity index (χ0) is 20.1. The molecule has 3 aromatic rings. The average molecular weight is 414 g/mol. The highest BCUT2D eigenvalue weighted by molar-refractivity contribution is 6.31. The van der Waals surface area contributed by atoms with Gasteiger partial charge in [0, 0.05) is 24.7 Å². The molecule has 2 heterocycles. The number of aromatic nitrogens is 2. The Kier molecular flexibility index (Phi) is 6.70. The molecule has 0 aliphatic carbocycles. The van der Waals surface area contributed by atoms with E-state index in [-0.39, 0.29) is 0 Å². The Hall–Kier alpha value is -2.08. The van der Waals surface area contributed by atoms with Crippen LogP contribution in [-0.2, 0) is 17.8 Å². The van der Waals surface area contributed by atoms with E-state index < -0.39 is 0 Å². The van der Waals surface area contributed by atoms with Crippen molar-refractivity contribution >= 4 is 22.6 Å². The maximum absolute atomic E-state index is 6.08. The fourth-order valence-electron chi connectivity index (χ4n) is 3.72. The van der Waals surface area contributed by atoms with Gasteiger partial charge in [0.15, 0.2) is 0 Å². The first-order valence-electron chi connectivity index (χ1n) is 10.3. The van der Waals surface area contributed by atoms with E-state index in [4.69, 9.17) is 26.1 Å². The van der Waals surface area contributed by atoms with Crippen molar-refractivity contribution in [1.82, 2.24) is 14.5 Å². The summed E-state index contributed by atoms with van der Waals surface area (Å²) in [5, 5.41) is 0.775. The third-order valence-corrected chi connectivity index (χ3v) is 5.80. The summed E-state index contributed by atoms with van der Waals surface area (Å²) in [6.45, 7) is 8.07. The second-order valence-corrected chi connectivity index (χ2v) is 7.93. The SMILES string of the molecule is Cc1cc(OCCCCn2c(CN3CCOCC3)nc3ccccc32)ccc1Cl. The largest absolute Gasteiger partial charge is 0.494 e. The van der Waals surface area contributed by atoms with Gasteiger partial charge in [-0.05, 0) is 55.7 Å². The van der Waals surface area contributed by atoms with E-state index in [0.717, 1.165) is 79.9 Å². The number of nitrogens with zero attached hydrogens (tertiary/aromatic N) is 3. The quantitative estimate of drug-likeness (QED) is 0.502. The van der Waals surface area contributed by atoms with Crippen LogP contribution in [0.2, 0.25) is 5.02 Å². The van der Waals surface area contributed by atoms with Crippen LogP contribution in [-0.4, -0.2) is 47.4 Å². The number of imidazole rings is 1. The van der Waals surface area contributed by atoms with Gasteiger partial charge in [0.1, 0.15) is 11.6 Å². The maximum atomic E-state index is 6.08. The summed E-state index contributed by atoms with van der Waals surface area (Å²) in [7, 11) is 0. The number of benzene rings is 2. The Labute approximate surface area is 177 Å². The molecule has 1 aromatic heterocycles. The number of ether oxygens (including phenoxy) is 2. The van der Waals surface area contributed by atoms with Gasteiger partial charge in [-0.3, -0.25) is 4.90 Å². The fraction of sp³-hybridized carbons (Fsp3) is 0.435. The zero-order valence-electron chi connectivity index (χ0n) is 16.9. The van der Waals surface area contributed by atoms with Crippen molar-refractivity contribution in [3.8, 4) is 5.75 Å². The van der Waals surface area contributed by atoms with Gasteiger partial charge in [-0.2, -0.15) is 0 Å². The molecule has 0 bridgehead atoms. The summed E-state index contributed by atoms with van der Waals surface area (Å²) in [6, 6.07) is 14.2. The highest BCUT2D eigenvalue weighted by Crippen LogP contribution is 2.22. The molecule has 1 fully saturated rings. The number of rotatable bonds is 8. The lowest BCUT2D eigenvalue weighted by molar-refractivity contribution is 0.0326. The van der Waals surface area contributed by atoms with Gasteiger partial charge in [0.25, 0.3) is 0 Å². The van der Waals surface area contributed by atoms with Crippen molar-refractivity contribution in [3.63, 3.8) is 0 Å². The molecule has 1 aliphatic rings. The van der Waals surface area contributed by atoms with Gasteiger partial charge in [-0.25, -0.2) is 4.98 Å². The van der Waals surface area contributed by atoms with Crippen molar-refractivity contribution in [2.75, 3.05) is 32.9 Å². The number of aryl methyl sites for hydroxylation is 2. The summed E-state index contributed by atoms with van der Waals surface area (Å²) in [6.07, 6.45) is 2.04. The standard InChI is InChI=1S/C23H28ClN3O2/c1-18-16-19(8-9-20(18)24)29-13-5-4-10-27-22-7-3-2-6-21(22)25-23(27)17-26-11-14-28-15-12-26/h2-3,6-9,16H,4-5,10-15,17H2,1H3. The predicted octanol–water partition coefficient (Wildman–Crippen LogP) is 4.69. The van der Waals surface area contributed by atoms with Crippen LogP contribution in [0, 0.1) is 6.92 Å². The molecule has 0 N–H and O–H groups in total. The molecule has 0 saturated carbocycles. The maximum Gasteiger partial charge on any atom is 0.124 e. The summed E-state index contributed by atoms with van der Waals surface area (Å²) in [5.41, 5.74) is 3.33. The normalized spacial score (nSPS) is 15.1. The minimum atomic E-state index is 0.701. The molecule has 6 heteroatoms. The molecule has 29 heavy (non-hydrogen) atoms. The molecule has 0 spiro atoms. The lowest BCUT2D eigenvalue weighted by atomic mass is 10.2. The number of unbranched alkanes of at least 4 members (excludes halogenated alkanes) is 1. The Morgan fingerprint density at radius 3 is 2.76 bits per heavy atom. The first kappa shape index (κ1) is 20.2. The van der Waals surface area contributed by atoms with Gasteiger partial charge < -0.3 is 14.0 Å². The first-order valence-corrected chi connectivity index (χ1v) is 10.7. The van der Waals surface area contributed by atoms with Crippen LogP contribution >= 0.6 is 11.6 Å². The summed E-state index contributed by atoms with van der Waals surface area (Å²) >= 11 is 6.08. The van der Waals surface area contributed by atoms with E-state index in [0.29, 0.717) is 6.61 Å². The van der Waals surface area contributed by atoms with Crippen molar-refractivity contribution in [1.29, 1.82) is 0 Å². The average Bonchev–Trinajstić information content (AvgIpc) is 3.08. The fourth-order valence-corrected chi connectivity index (χ4v) is 3.84. The van der Waals surface area contributed by atoms with Crippen molar-refractivity contribution in [3.05, 3.63) is 58.9 Å². The molecule has 1 aliphatic heterocycles. The van der Waals surface area contributed by atoms with Gasteiger partial charge in [-0.1, -0.05) is 23.7 Å². The lowest BCUT2D eigenvalue weighted by Gasteiger charge is -2.26. The predicted molar refractivity (Wildman–Crippen MR) is 117 cm³/mol. The van der Waals surface area contributed by atoms with E-state index in [1.807, 2.05) is 25.1 Å². The zero-order valence-corrected chi connectivity index (χ0v) is 17.7. The molecule has 0 unspecified atom stereocenters. The Balaban J connectivity index is 1.36. The topological polar surface area (TPSA) is 39.5 Å². The Morgan fingerprint density at radius 2 is 1.93 bits per heavy atom. The highest BCUT2D eigenvalue weighted by Gasteiger charge is 2.16.